The number of carbonyl (C=O) groups excluding carboxylic acids is 3. The molecule has 3 rings (SSSR count). The van der Waals surface area contributed by atoms with Gasteiger partial charge in [-0.25, -0.2) is 0 Å². The van der Waals surface area contributed by atoms with E-state index in [0.29, 0.717) is 22.5 Å². The second-order valence-electron chi connectivity index (χ2n) is 8.40. The molecule has 0 atom stereocenters. The second kappa shape index (κ2) is 9.47. The van der Waals surface area contributed by atoms with E-state index in [1.807, 2.05) is 12.1 Å². The summed E-state index contributed by atoms with van der Waals surface area (Å²) in [6.07, 6.45) is 0. The van der Waals surface area contributed by atoms with Crippen molar-refractivity contribution in [2.45, 2.75) is 33.1 Å². The smallest absolute Gasteiger partial charge is 0.308 e. The minimum absolute atomic E-state index is 0.00134. The predicted octanol–water partition coefficient (Wildman–Crippen LogP) is 5.41. The molecule has 3 aromatic carbocycles. The van der Waals surface area contributed by atoms with Crippen LogP contribution in [0.2, 0.25) is 0 Å². The van der Waals surface area contributed by atoms with Gasteiger partial charge in [-0.3, -0.25) is 14.4 Å². The highest BCUT2D eigenvalue weighted by Gasteiger charge is 2.16. The van der Waals surface area contributed by atoms with Crippen LogP contribution in [0.1, 0.15) is 54.0 Å². The topological polar surface area (TPSA) is 84.5 Å². The summed E-state index contributed by atoms with van der Waals surface area (Å²) in [5, 5.41) is 5.66. The number of nitrogens with one attached hydrogen (secondary N) is 2. The number of hydrogen-bond donors (Lipinski definition) is 2. The van der Waals surface area contributed by atoms with Crippen LogP contribution in [-0.2, 0) is 10.2 Å². The first-order valence-electron chi connectivity index (χ1n) is 10.2. The van der Waals surface area contributed by atoms with Crippen molar-refractivity contribution >= 4 is 29.2 Å². The van der Waals surface area contributed by atoms with E-state index in [0.717, 1.165) is 5.56 Å². The van der Waals surface area contributed by atoms with Gasteiger partial charge in [0.15, 0.2) is 0 Å². The van der Waals surface area contributed by atoms with Crippen molar-refractivity contribution in [3.05, 3.63) is 89.5 Å². The Kier molecular flexibility index (Phi) is 6.73. The van der Waals surface area contributed by atoms with Crippen LogP contribution in [0.5, 0.6) is 5.75 Å². The number of hydrogen-bond acceptors (Lipinski definition) is 4. The summed E-state index contributed by atoms with van der Waals surface area (Å²) in [7, 11) is 0. The predicted molar refractivity (Wildman–Crippen MR) is 125 cm³/mol. The van der Waals surface area contributed by atoms with Gasteiger partial charge in [0.1, 0.15) is 5.75 Å². The van der Waals surface area contributed by atoms with Crippen LogP contribution < -0.4 is 15.4 Å². The van der Waals surface area contributed by atoms with Gasteiger partial charge in [0.05, 0.1) is 11.4 Å². The first-order valence-corrected chi connectivity index (χ1v) is 10.2. The molecular formula is C26H26N2O4. The van der Waals surface area contributed by atoms with E-state index in [4.69, 9.17) is 4.74 Å². The molecular weight excluding hydrogens is 404 g/mol. The molecule has 0 unspecified atom stereocenters. The zero-order valence-corrected chi connectivity index (χ0v) is 18.6. The lowest BCUT2D eigenvalue weighted by molar-refractivity contribution is -0.131. The van der Waals surface area contributed by atoms with Crippen LogP contribution in [0, 0.1) is 0 Å². The van der Waals surface area contributed by atoms with Crippen molar-refractivity contribution in [3.8, 4) is 5.75 Å². The largest absolute Gasteiger partial charge is 0.427 e. The van der Waals surface area contributed by atoms with Crippen molar-refractivity contribution in [2.75, 3.05) is 10.6 Å². The third-order valence-corrected chi connectivity index (χ3v) is 4.79. The minimum Gasteiger partial charge on any atom is -0.427 e. The lowest BCUT2D eigenvalue weighted by Gasteiger charge is -2.19. The quantitative estimate of drug-likeness (QED) is 0.418. The van der Waals surface area contributed by atoms with Crippen LogP contribution in [0.25, 0.3) is 0 Å². The molecule has 3 aromatic rings. The van der Waals surface area contributed by atoms with E-state index in [9.17, 15) is 14.4 Å². The molecule has 0 aliphatic rings. The molecule has 0 spiro atoms. The summed E-state index contributed by atoms with van der Waals surface area (Å²) in [5.74, 6) is -0.851. The number of benzene rings is 3. The van der Waals surface area contributed by atoms with Crippen molar-refractivity contribution in [3.63, 3.8) is 0 Å². The lowest BCUT2D eigenvalue weighted by Crippen LogP contribution is -2.17. The zero-order valence-electron chi connectivity index (χ0n) is 18.6. The van der Waals surface area contributed by atoms with Crippen LogP contribution in [0.3, 0.4) is 0 Å². The number of ether oxygens (including phenoxy) is 1. The second-order valence-corrected chi connectivity index (χ2v) is 8.40. The molecule has 0 aliphatic carbocycles. The average molecular weight is 431 g/mol. The normalized spacial score (nSPS) is 10.9. The highest BCUT2D eigenvalue weighted by Crippen LogP contribution is 2.25. The van der Waals surface area contributed by atoms with Gasteiger partial charge in [-0.15, -0.1) is 0 Å². The lowest BCUT2D eigenvalue weighted by atomic mass is 9.87. The van der Waals surface area contributed by atoms with E-state index in [-0.39, 0.29) is 17.1 Å². The van der Waals surface area contributed by atoms with Gasteiger partial charge >= 0.3 is 5.97 Å². The van der Waals surface area contributed by atoms with Gasteiger partial charge in [-0.1, -0.05) is 51.1 Å². The standard InChI is InChI=1S/C26H26N2O4/c1-17(29)32-21-9-7-8-19(16-21)25(31)28-23-11-6-5-10-22(23)27-24(30)18-12-14-20(15-13-18)26(2,3)4/h5-16H,1-4H3,(H,27,30)(H,28,31). The SMILES string of the molecule is CC(=O)Oc1cccc(C(=O)Nc2ccccc2NC(=O)c2ccc(C(C)(C)C)cc2)c1. The molecule has 0 aliphatic heterocycles. The van der Waals surface area contributed by atoms with Crippen LogP contribution in [0.15, 0.2) is 72.8 Å². The van der Waals surface area contributed by atoms with Crippen molar-refractivity contribution in [1.29, 1.82) is 0 Å². The summed E-state index contributed by atoms with van der Waals surface area (Å²) >= 11 is 0. The van der Waals surface area contributed by atoms with Crippen molar-refractivity contribution < 1.29 is 19.1 Å². The highest BCUT2D eigenvalue weighted by molar-refractivity contribution is 6.10. The fraction of sp³-hybridized carbons (Fsp3) is 0.192. The molecule has 6 nitrogen and oxygen atoms in total. The van der Waals surface area contributed by atoms with Gasteiger partial charge in [0.25, 0.3) is 11.8 Å². The molecule has 0 saturated carbocycles. The fourth-order valence-corrected chi connectivity index (χ4v) is 3.08. The number of esters is 1. The summed E-state index contributed by atoms with van der Waals surface area (Å²) < 4.78 is 5.03. The maximum absolute atomic E-state index is 12.8. The van der Waals surface area contributed by atoms with E-state index in [2.05, 4.69) is 31.4 Å². The Labute approximate surface area is 187 Å². The number of anilines is 2. The molecule has 0 heterocycles. The number of para-hydroxylation sites is 2. The molecule has 0 aromatic heterocycles. The molecule has 2 amide bonds. The van der Waals surface area contributed by atoms with Gasteiger partial charge in [-0.05, 0) is 53.4 Å². The zero-order chi connectivity index (χ0) is 23.3. The summed E-state index contributed by atoms with van der Waals surface area (Å²) in [6, 6.07) is 20.7. The Balaban J connectivity index is 1.75. The molecule has 0 fully saturated rings. The first kappa shape index (κ1) is 22.7. The summed E-state index contributed by atoms with van der Waals surface area (Å²) in [6.45, 7) is 7.64. The van der Waals surface area contributed by atoms with E-state index >= 15 is 0 Å². The van der Waals surface area contributed by atoms with E-state index < -0.39 is 11.9 Å². The molecule has 32 heavy (non-hydrogen) atoms. The van der Waals surface area contributed by atoms with E-state index in [1.165, 1.54) is 13.0 Å². The van der Waals surface area contributed by atoms with Crippen LogP contribution in [-0.4, -0.2) is 17.8 Å². The summed E-state index contributed by atoms with van der Waals surface area (Å²) in [4.78, 5) is 36.6. The maximum atomic E-state index is 12.8. The van der Waals surface area contributed by atoms with Crippen LogP contribution in [0.4, 0.5) is 11.4 Å². The Hall–Kier alpha value is -3.93. The third-order valence-electron chi connectivity index (χ3n) is 4.79. The van der Waals surface area contributed by atoms with Crippen LogP contribution >= 0.6 is 0 Å². The Morgan fingerprint density at radius 2 is 1.28 bits per heavy atom. The van der Waals surface area contributed by atoms with Gasteiger partial charge in [0, 0.05) is 18.1 Å². The highest BCUT2D eigenvalue weighted by atomic mass is 16.5. The number of amides is 2. The minimum atomic E-state index is -0.467. The molecule has 6 heteroatoms. The fourth-order valence-electron chi connectivity index (χ4n) is 3.08. The first-order chi connectivity index (χ1) is 15.1. The van der Waals surface area contributed by atoms with Gasteiger partial charge < -0.3 is 15.4 Å². The Morgan fingerprint density at radius 1 is 0.719 bits per heavy atom. The Bertz CT molecular complexity index is 1140. The number of rotatable bonds is 5. The van der Waals surface area contributed by atoms with Crippen molar-refractivity contribution in [2.24, 2.45) is 0 Å². The molecule has 2 N–H and O–H groups in total. The number of carbonyl (C=O) groups is 3. The van der Waals surface area contributed by atoms with E-state index in [1.54, 1.807) is 54.6 Å². The molecule has 0 bridgehead atoms. The molecule has 0 radical (unpaired) electrons. The molecule has 0 saturated heterocycles. The van der Waals surface area contributed by atoms with Gasteiger partial charge in [0.2, 0.25) is 0 Å². The third kappa shape index (κ3) is 5.82. The van der Waals surface area contributed by atoms with Crippen molar-refractivity contribution in [1.82, 2.24) is 0 Å². The maximum Gasteiger partial charge on any atom is 0.308 e. The monoisotopic (exact) mass is 430 g/mol. The summed E-state index contributed by atoms with van der Waals surface area (Å²) in [5.41, 5.74) is 2.91. The molecule has 164 valence electrons. The van der Waals surface area contributed by atoms with Gasteiger partial charge in [-0.2, -0.15) is 0 Å². The Morgan fingerprint density at radius 3 is 1.81 bits per heavy atom. The average Bonchev–Trinajstić information content (AvgIpc) is 2.74.